The molecule has 0 bridgehead atoms. The number of H-pyrrole nitrogens is 1. The molecule has 0 unspecified atom stereocenters. The molecule has 0 aliphatic rings. The first-order chi connectivity index (χ1) is 4.34. The van der Waals surface area contributed by atoms with Crippen molar-refractivity contribution < 1.29 is 0 Å². The fourth-order valence-electron chi connectivity index (χ4n) is 0.556. The number of hydrogen-bond acceptors (Lipinski definition) is 3. The van der Waals surface area contributed by atoms with E-state index < -0.39 is 0 Å². The Morgan fingerprint density at radius 1 is 1.89 bits per heavy atom. The summed E-state index contributed by atoms with van der Waals surface area (Å²) in [5.41, 5.74) is 5.49. The van der Waals surface area contributed by atoms with Crippen LogP contribution in [-0.2, 0) is 0 Å². The second-order valence-electron chi connectivity index (χ2n) is 1.58. The summed E-state index contributed by atoms with van der Waals surface area (Å²) in [6, 6.07) is 0. The molecule has 50 valence electrons. The average Bonchev–Trinajstić information content (AvgIpc) is 2.18. The van der Waals surface area contributed by atoms with Gasteiger partial charge in [0.1, 0.15) is 5.82 Å². The molecule has 1 rings (SSSR count). The number of rotatable bonds is 2. The number of hydrogen-bond donors (Lipinski definition) is 2. The van der Waals surface area contributed by atoms with E-state index >= 15 is 0 Å². The highest BCUT2D eigenvalue weighted by Crippen LogP contribution is 2.20. The Morgan fingerprint density at radius 2 is 2.67 bits per heavy atom. The number of nitrogens with zero attached hydrogens (tertiary/aromatic N) is 1. The number of nitrogens with two attached hydrogens (primary N) is 1. The predicted octanol–water partition coefficient (Wildman–Crippen LogP) is 1.10. The van der Waals surface area contributed by atoms with Crippen molar-refractivity contribution in [3.63, 3.8) is 0 Å². The molecule has 3 N–H and O–H groups in total. The zero-order chi connectivity index (χ0) is 6.69. The molecule has 0 fully saturated rings. The zero-order valence-corrected chi connectivity index (χ0v) is 6.03. The predicted molar refractivity (Wildman–Crippen MR) is 39.4 cm³/mol. The van der Waals surface area contributed by atoms with Crippen LogP contribution in [0.2, 0.25) is 0 Å². The van der Waals surface area contributed by atoms with E-state index in [9.17, 15) is 0 Å². The maximum atomic E-state index is 5.49. The summed E-state index contributed by atoms with van der Waals surface area (Å²) in [5, 5.41) is 6.43. The van der Waals surface area contributed by atoms with Crippen LogP contribution >= 0.6 is 11.8 Å². The van der Waals surface area contributed by atoms with Crippen molar-refractivity contribution in [2.75, 3.05) is 11.5 Å². The van der Waals surface area contributed by atoms with Crippen molar-refractivity contribution in [3.8, 4) is 0 Å². The van der Waals surface area contributed by atoms with Crippen molar-refractivity contribution >= 4 is 17.6 Å². The normalized spacial score (nSPS) is 9.89. The molecule has 0 amide bonds. The molecule has 1 aromatic heterocycles. The van der Waals surface area contributed by atoms with E-state index in [1.807, 2.05) is 0 Å². The quantitative estimate of drug-likeness (QED) is 0.609. The number of aromatic nitrogens is 2. The van der Waals surface area contributed by atoms with Crippen molar-refractivity contribution in [3.05, 3.63) is 6.20 Å². The lowest BCUT2D eigenvalue weighted by Crippen LogP contribution is -1.85. The number of nitrogen functional groups attached to an aromatic ring is 1. The summed E-state index contributed by atoms with van der Waals surface area (Å²) in [6.45, 7) is 2.08. The Labute approximate surface area is 58.0 Å². The topological polar surface area (TPSA) is 54.7 Å². The van der Waals surface area contributed by atoms with E-state index in [0.29, 0.717) is 5.82 Å². The molecule has 0 saturated carbocycles. The lowest BCUT2D eigenvalue weighted by atomic mass is 10.7. The van der Waals surface area contributed by atoms with E-state index in [4.69, 9.17) is 5.73 Å². The minimum Gasteiger partial charge on any atom is -0.383 e. The highest BCUT2D eigenvalue weighted by molar-refractivity contribution is 7.99. The Balaban J connectivity index is 2.69. The van der Waals surface area contributed by atoms with Crippen molar-refractivity contribution in [2.45, 2.75) is 11.8 Å². The lowest BCUT2D eigenvalue weighted by molar-refractivity contribution is 1.10. The van der Waals surface area contributed by atoms with Crippen LogP contribution in [0.25, 0.3) is 0 Å². The molecule has 0 aliphatic carbocycles. The summed E-state index contributed by atoms with van der Waals surface area (Å²) in [7, 11) is 0. The number of aromatic amines is 1. The van der Waals surface area contributed by atoms with Gasteiger partial charge in [-0.15, -0.1) is 11.8 Å². The van der Waals surface area contributed by atoms with Crippen molar-refractivity contribution in [1.29, 1.82) is 0 Å². The molecule has 0 saturated heterocycles. The van der Waals surface area contributed by atoms with Gasteiger partial charge in [-0.05, 0) is 5.75 Å². The average molecular weight is 143 g/mol. The minimum absolute atomic E-state index is 0.668. The van der Waals surface area contributed by atoms with E-state index in [0.717, 1.165) is 10.6 Å². The minimum atomic E-state index is 0.668. The summed E-state index contributed by atoms with van der Waals surface area (Å²) >= 11 is 1.69. The first-order valence-electron chi connectivity index (χ1n) is 2.76. The van der Waals surface area contributed by atoms with Gasteiger partial charge in [-0.2, -0.15) is 5.10 Å². The molecule has 0 radical (unpaired) electrons. The third-order valence-corrected chi connectivity index (χ3v) is 1.86. The number of anilines is 1. The van der Waals surface area contributed by atoms with Gasteiger partial charge >= 0.3 is 0 Å². The summed E-state index contributed by atoms with van der Waals surface area (Å²) in [4.78, 5) is 1.04. The van der Waals surface area contributed by atoms with E-state index in [2.05, 4.69) is 17.1 Å². The molecule has 0 spiro atoms. The van der Waals surface area contributed by atoms with Crippen LogP contribution in [0.5, 0.6) is 0 Å². The van der Waals surface area contributed by atoms with E-state index in [-0.39, 0.29) is 0 Å². The molecule has 4 heteroatoms. The SMILES string of the molecule is CCSc1cn[nH]c1N. The maximum absolute atomic E-state index is 5.49. The Hall–Kier alpha value is -0.640. The van der Waals surface area contributed by atoms with Crippen LogP contribution in [0.1, 0.15) is 6.92 Å². The highest BCUT2D eigenvalue weighted by Gasteiger charge is 1.97. The monoisotopic (exact) mass is 143 g/mol. The third kappa shape index (κ3) is 1.38. The first kappa shape index (κ1) is 6.48. The second-order valence-corrected chi connectivity index (χ2v) is 2.89. The van der Waals surface area contributed by atoms with Gasteiger partial charge in [0.05, 0.1) is 11.1 Å². The summed E-state index contributed by atoms with van der Waals surface area (Å²) in [6.07, 6.45) is 1.74. The van der Waals surface area contributed by atoms with Gasteiger partial charge in [-0.1, -0.05) is 6.92 Å². The third-order valence-electron chi connectivity index (χ3n) is 0.932. The van der Waals surface area contributed by atoms with Crippen LogP contribution in [-0.4, -0.2) is 16.0 Å². The Bertz CT molecular complexity index is 184. The first-order valence-corrected chi connectivity index (χ1v) is 3.74. The van der Waals surface area contributed by atoms with Gasteiger partial charge in [-0.25, -0.2) is 0 Å². The van der Waals surface area contributed by atoms with E-state index in [1.54, 1.807) is 18.0 Å². The van der Waals surface area contributed by atoms with Gasteiger partial charge in [0.25, 0.3) is 0 Å². The molecular weight excluding hydrogens is 134 g/mol. The maximum Gasteiger partial charge on any atom is 0.132 e. The molecule has 0 aliphatic heterocycles. The van der Waals surface area contributed by atoms with Crippen LogP contribution < -0.4 is 5.73 Å². The van der Waals surface area contributed by atoms with Gasteiger partial charge < -0.3 is 5.73 Å². The summed E-state index contributed by atoms with van der Waals surface area (Å²) in [5.74, 6) is 1.70. The van der Waals surface area contributed by atoms with Crippen molar-refractivity contribution in [1.82, 2.24) is 10.2 Å². The standard InChI is InChI=1S/C5H9N3S/c1-2-9-4-3-7-8-5(4)6/h3H,2H2,1H3,(H3,6,7,8). The molecule has 1 aromatic rings. The van der Waals surface area contributed by atoms with Crippen LogP contribution in [0.15, 0.2) is 11.1 Å². The molecule has 3 nitrogen and oxygen atoms in total. The molecule has 0 atom stereocenters. The smallest absolute Gasteiger partial charge is 0.132 e. The van der Waals surface area contributed by atoms with Crippen LogP contribution in [0, 0.1) is 0 Å². The van der Waals surface area contributed by atoms with Gasteiger partial charge in [0.15, 0.2) is 0 Å². The van der Waals surface area contributed by atoms with Gasteiger partial charge in [0, 0.05) is 0 Å². The summed E-state index contributed by atoms with van der Waals surface area (Å²) < 4.78 is 0. The fourth-order valence-corrected chi connectivity index (χ4v) is 1.19. The fraction of sp³-hybridized carbons (Fsp3) is 0.400. The molecule has 1 heterocycles. The zero-order valence-electron chi connectivity index (χ0n) is 5.22. The molecular formula is C5H9N3S. The Kier molecular flexibility index (Phi) is 2.00. The van der Waals surface area contributed by atoms with Crippen molar-refractivity contribution in [2.24, 2.45) is 0 Å². The van der Waals surface area contributed by atoms with E-state index in [1.165, 1.54) is 0 Å². The lowest BCUT2D eigenvalue weighted by Gasteiger charge is -1.90. The Morgan fingerprint density at radius 3 is 3.11 bits per heavy atom. The largest absolute Gasteiger partial charge is 0.383 e. The highest BCUT2D eigenvalue weighted by atomic mass is 32.2. The number of nitrogens with one attached hydrogen (secondary N) is 1. The van der Waals surface area contributed by atoms with Crippen LogP contribution in [0.3, 0.4) is 0 Å². The second kappa shape index (κ2) is 2.77. The number of thioether (sulfide) groups is 1. The van der Waals surface area contributed by atoms with Gasteiger partial charge in [-0.3, -0.25) is 5.10 Å². The van der Waals surface area contributed by atoms with Gasteiger partial charge in [0.2, 0.25) is 0 Å². The molecule has 9 heavy (non-hydrogen) atoms. The molecule has 0 aromatic carbocycles. The van der Waals surface area contributed by atoms with Crippen LogP contribution in [0.4, 0.5) is 5.82 Å².